The van der Waals surface area contributed by atoms with Crippen molar-refractivity contribution in [3.63, 3.8) is 0 Å². The van der Waals surface area contributed by atoms with Crippen molar-refractivity contribution in [2.75, 3.05) is 5.32 Å². The lowest BCUT2D eigenvalue weighted by Gasteiger charge is -2.13. The van der Waals surface area contributed by atoms with Gasteiger partial charge in [-0.25, -0.2) is 4.98 Å². The molecule has 150 valence electrons. The monoisotopic (exact) mass is 398 g/mol. The second-order valence-corrected chi connectivity index (χ2v) is 6.70. The number of ether oxygens (including phenoxy) is 1. The van der Waals surface area contributed by atoms with E-state index >= 15 is 0 Å². The molecule has 4 rings (SSSR count). The van der Waals surface area contributed by atoms with Crippen LogP contribution in [0.5, 0.6) is 5.75 Å². The minimum Gasteiger partial charge on any atom is -0.486 e. The van der Waals surface area contributed by atoms with Gasteiger partial charge in [-0.2, -0.15) is 0 Å². The second-order valence-electron chi connectivity index (χ2n) is 6.70. The molecule has 0 saturated heterocycles. The van der Waals surface area contributed by atoms with Gasteiger partial charge < -0.3 is 20.8 Å². The molecule has 4 aromatic rings. The Bertz CT molecular complexity index is 1120. The Labute approximate surface area is 174 Å². The molecule has 0 amide bonds. The van der Waals surface area contributed by atoms with Gasteiger partial charge in [0.15, 0.2) is 0 Å². The number of hydrogen-bond donors (Lipinski definition) is 4. The van der Waals surface area contributed by atoms with E-state index in [1.807, 2.05) is 66.9 Å². The molecule has 0 spiro atoms. The third-order valence-corrected chi connectivity index (χ3v) is 4.55. The van der Waals surface area contributed by atoms with Gasteiger partial charge in [-0.05, 0) is 29.8 Å². The lowest BCUT2D eigenvalue weighted by Crippen LogP contribution is -2.14. The van der Waals surface area contributed by atoms with Crippen molar-refractivity contribution in [3.8, 4) is 17.0 Å². The van der Waals surface area contributed by atoms with E-state index in [-0.39, 0.29) is 5.84 Å². The van der Waals surface area contributed by atoms with Gasteiger partial charge in [0.05, 0.1) is 29.7 Å². The number of amidine groups is 1. The van der Waals surface area contributed by atoms with Crippen LogP contribution in [-0.4, -0.2) is 20.8 Å². The largest absolute Gasteiger partial charge is 0.486 e. The van der Waals surface area contributed by atoms with E-state index < -0.39 is 0 Å². The van der Waals surface area contributed by atoms with E-state index in [1.165, 1.54) is 0 Å². The number of nitrogens with zero attached hydrogens (tertiary/aromatic N) is 2. The van der Waals surface area contributed by atoms with Crippen LogP contribution < -0.4 is 15.8 Å². The molecule has 0 fully saturated rings. The van der Waals surface area contributed by atoms with Gasteiger partial charge in [0.25, 0.3) is 0 Å². The van der Waals surface area contributed by atoms with Gasteiger partial charge >= 0.3 is 0 Å². The van der Waals surface area contributed by atoms with E-state index in [4.69, 9.17) is 15.9 Å². The Hall–Kier alpha value is -4.13. The highest BCUT2D eigenvalue weighted by Crippen LogP contribution is 2.25. The van der Waals surface area contributed by atoms with Crippen LogP contribution in [0.25, 0.3) is 11.3 Å². The number of pyridine rings is 1. The number of rotatable bonds is 8. The molecule has 7 nitrogen and oxygen atoms in total. The van der Waals surface area contributed by atoms with Crippen LogP contribution in [0.2, 0.25) is 0 Å². The molecular weight excluding hydrogens is 376 g/mol. The highest BCUT2D eigenvalue weighted by Gasteiger charge is 2.10. The van der Waals surface area contributed by atoms with E-state index in [0.29, 0.717) is 24.5 Å². The lowest BCUT2D eigenvalue weighted by atomic mass is 10.1. The zero-order valence-corrected chi connectivity index (χ0v) is 16.3. The van der Waals surface area contributed by atoms with E-state index in [2.05, 4.69) is 20.3 Å². The standard InChI is InChI=1S/C23H22N6O/c24-23(25)19-10-9-17(12-21(19)30-15-18-8-4-5-11-26-18)27-14-22-28-13-20(29-22)16-6-2-1-3-7-16/h1-13,27H,14-15H2,(H3,24,25)(H,28,29). The average molecular weight is 398 g/mol. The summed E-state index contributed by atoms with van der Waals surface area (Å²) in [6.07, 6.45) is 3.54. The molecule has 0 aliphatic heterocycles. The molecule has 2 aromatic heterocycles. The number of benzene rings is 2. The molecule has 5 N–H and O–H groups in total. The average Bonchev–Trinajstić information content (AvgIpc) is 3.27. The fourth-order valence-electron chi connectivity index (χ4n) is 3.01. The van der Waals surface area contributed by atoms with Crippen molar-refractivity contribution in [1.29, 1.82) is 5.41 Å². The van der Waals surface area contributed by atoms with Gasteiger partial charge in [-0.1, -0.05) is 36.4 Å². The van der Waals surface area contributed by atoms with Crippen molar-refractivity contribution in [1.82, 2.24) is 15.0 Å². The Balaban J connectivity index is 1.45. The molecule has 0 saturated carbocycles. The summed E-state index contributed by atoms with van der Waals surface area (Å²) in [5, 5.41) is 11.1. The van der Waals surface area contributed by atoms with Crippen LogP contribution in [0.4, 0.5) is 5.69 Å². The van der Waals surface area contributed by atoms with E-state index in [1.54, 1.807) is 12.3 Å². The topological polar surface area (TPSA) is 113 Å². The van der Waals surface area contributed by atoms with Crippen molar-refractivity contribution < 1.29 is 4.74 Å². The summed E-state index contributed by atoms with van der Waals surface area (Å²) in [6.45, 7) is 0.815. The molecular formula is C23H22N6O. The van der Waals surface area contributed by atoms with Crippen molar-refractivity contribution in [3.05, 3.63) is 96.2 Å². The maximum absolute atomic E-state index is 7.80. The normalized spacial score (nSPS) is 10.5. The first-order chi connectivity index (χ1) is 14.7. The number of aromatic nitrogens is 3. The molecule has 0 aliphatic rings. The number of aromatic amines is 1. The zero-order chi connectivity index (χ0) is 20.8. The summed E-state index contributed by atoms with van der Waals surface area (Å²) >= 11 is 0. The molecule has 0 radical (unpaired) electrons. The van der Waals surface area contributed by atoms with Crippen LogP contribution in [0.1, 0.15) is 17.1 Å². The Morgan fingerprint density at radius 2 is 1.87 bits per heavy atom. The second kappa shape index (κ2) is 8.91. The third kappa shape index (κ3) is 4.64. The number of H-pyrrole nitrogens is 1. The Morgan fingerprint density at radius 3 is 2.63 bits per heavy atom. The minimum atomic E-state index is -0.0453. The van der Waals surface area contributed by atoms with Crippen LogP contribution in [0.15, 0.2) is 79.1 Å². The van der Waals surface area contributed by atoms with Crippen molar-refractivity contribution >= 4 is 11.5 Å². The summed E-state index contributed by atoms with van der Waals surface area (Å²) in [5.41, 5.74) is 9.95. The maximum Gasteiger partial charge on any atom is 0.132 e. The van der Waals surface area contributed by atoms with Gasteiger partial charge in [0, 0.05) is 18.0 Å². The number of anilines is 1. The van der Waals surface area contributed by atoms with Crippen LogP contribution in [0, 0.1) is 5.41 Å². The van der Waals surface area contributed by atoms with E-state index in [9.17, 15) is 0 Å². The lowest BCUT2D eigenvalue weighted by molar-refractivity contribution is 0.301. The third-order valence-electron chi connectivity index (χ3n) is 4.55. The van der Waals surface area contributed by atoms with Crippen molar-refractivity contribution in [2.24, 2.45) is 5.73 Å². The highest BCUT2D eigenvalue weighted by atomic mass is 16.5. The SMILES string of the molecule is N=C(N)c1ccc(NCc2ncc(-c3ccccc3)[nH]2)cc1OCc1ccccn1. The van der Waals surface area contributed by atoms with E-state index in [0.717, 1.165) is 28.5 Å². The van der Waals surface area contributed by atoms with Gasteiger partial charge in [0.1, 0.15) is 24.0 Å². The Morgan fingerprint density at radius 1 is 1.03 bits per heavy atom. The molecule has 0 unspecified atom stereocenters. The number of nitrogens with two attached hydrogens (primary N) is 1. The number of nitrogen functional groups attached to an aromatic ring is 1. The smallest absolute Gasteiger partial charge is 0.132 e. The quantitative estimate of drug-likeness (QED) is 0.265. The summed E-state index contributed by atoms with van der Waals surface area (Å²) < 4.78 is 5.89. The predicted octanol–water partition coefficient (Wildman–Crippen LogP) is 3.95. The number of hydrogen-bond acceptors (Lipinski definition) is 5. The first-order valence-electron chi connectivity index (χ1n) is 9.53. The van der Waals surface area contributed by atoms with Gasteiger partial charge in [0.2, 0.25) is 0 Å². The summed E-state index contributed by atoms with van der Waals surface area (Å²) in [6, 6.07) is 21.2. The zero-order valence-electron chi connectivity index (χ0n) is 16.3. The maximum atomic E-state index is 7.80. The Kier molecular flexibility index (Phi) is 5.70. The van der Waals surface area contributed by atoms with Crippen LogP contribution >= 0.6 is 0 Å². The summed E-state index contributed by atoms with van der Waals surface area (Å²) in [7, 11) is 0. The van der Waals surface area contributed by atoms with Gasteiger partial charge in [-0.15, -0.1) is 0 Å². The van der Waals surface area contributed by atoms with Gasteiger partial charge in [-0.3, -0.25) is 10.4 Å². The molecule has 0 aliphatic carbocycles. The molecule has 2 aromatic carbocycles. The molecule has 0 atom stereocenters. The first-order valence-corrected chi connectivity index (χ1v) is 9.53. The number of nitrogens with one attached hydrogen (secondary N) is 3. The van der Waals surface area contributed by atoms with Crippen LogP contribution in [0.3, 0.4) is 0 Å². The van der Waals surface area contributed by atoms with Crippen LogP contribution in [-0.2, 0) is 13.2 Å². The van der Waals surface area contributed by atoms with Crippen molar-refractivity contribution in [2.45, 2.75) is 13.2 Å². The molecule has 30 heavy (non-hydrogen) atoms. The fraction of sp³-hybridized carbons (Fsp3) is 0.0870. The number of imidazole rings is 1. The molecule has 0 bridgehead atoms. The molecule has 7 heteroatoms. The summed E-state index contributed by atoms with van der Waals surface area (Å²) in [5.74, 6) is 1.30. The summed E-state index contributed by atoms with van der Waals surface area (Å²) in [4.78, 5) is 12.0. The molecule has 2 heterocycles. The predicted molar refractivity (Wildman–Crippen MR) is 117 cm³/mol. The highest BCUT2D eigenvalue weighted by molar-refractivity contribution is 5.98. The minimum absolute atomic E-state index is 0.0453. The fourth-order valence-corrected chi connectivity index (χ4v) is 3.01. The first kappa shape index (κ1) is 19.2.